The van der Waals surface area contributed by atoms with E-state index < -0.39 is 11.9 Å². The topological polar surface area (TPSA) is 76.7 Å². The van der Waals surface area contributed by atoms with Crippen molar-refractivity contribution < 1.29 is 19.1 Å². The molecule has 2 rings (SSSR count). The zero-order chi connectivity index (χ0) is 22.4. The summed E-state index contributed by atoms with van der Waals surface area (Å²) in [5.41, 5.74) is 2.46. The minimum absolute atomic E-state index is 0.214. The molecule has 6 nitrogen and oxygen atoms in total. The number of benzene rings is 2. The van der Waals surface area contributed by atoms with Crippen molar-refractivity contribution in [3.8, 4) is 0 Å². The van der Waals surface area contributed by atoms with Crippen LogP contribution in [0.2, 0.25) is 5.02 Å². The molecular weight excluding hydrogens is 424 g/mol. The number of rotatable bonds is 6. The number of hydrogen-bond acceptors (Lipinski definition) is 5. The van der Waals surface area contributed by atoms with Gasteiger partial charge in [0.25, 0.3) is 0 Å². The first kappa shape index (κ1) is 23.6. The van der Waals surface area contributed by atoms with Gasteiger partial charge in [-0.1, -0.05) is 17.7 Å². The van der Waals surface area contributed by atoms with E-state index in [-0.39, 0.29) is 28.4 Å². The van der Waals surface area contributed by atoms with Crippen LogP contribution in [0.4, 0.5) is 11.4 Å². The third kappa shape index (κ3) is 6.71. The maximum Gasteiger partial charge on any atom is 0.338 e. The largest absolute Gasteiger partial charge is 0.459 e. The zero-order valence-corrected chi connectivity index (χ0v) is 19.1. The van der Waals surface area contributed by atoms with Gasteiger partial charge in [0, 0.05) is 16.4 Å². The molecule has 0 aliphatic carbocycles. The molecule has 0 aromatic heterocycles. The van der Waals surface area contributed by atoms with Crippen LogP contribution in [-0.2, 0) is 9.47 Å². The molecule has 2 aromatic rings. The van der Waals surface area contributed by atoms with Crippen LogP contribution in [0.3, 0.4) is 0 Å². The van der Waals surface area contributed by atoms with Gasteiger partial charge >= 0.3 is 11.9 Å². The second-order valence-corrected chi connectivity index (χ2v) is 8.01. The van der Waals surface area contributed by atoms with Crippen molar-refractivity contribution in [1.29, 1.82) is 0 Å². The van der Waals surface area contributed by atoms with Gasteiger partial charge in [0.05, 0.1) is 23.3 Å². The molecule has 0 heterocycles. The number of nitrogens with one attached hydrogen (secondary N) is 2. The molecule has 160 valence electrons. The third-order valence-electron chi connectivity index (χ3n) is 3.86. The molecule has 0 saturated carbocycles. The number of halogens is 1. The van der Waals surface area contributed by atoms with E-state index in [4.69, 9.17) is 33.3 Å². The summed E-state index contributed by atoms with van der Waals surface area (Å²) in [6, 6.07) is 10.0. The van der Waals surface area contributed by atoms with Crippen LogP contribution in [0, 0.1) is 6.92 Å². The second kappa shape index (κ2) is 10.4. The Labute approximate surface area is 186 Å². The molecule has 0 amide bonds. The van der Waals surface area contributed by atoms with Crippen molar-refractivity contribution in [2.75, 3.05) is 10.6 Å². The maximum atomic E-state index is 12.4. The van der Waals surface area contributed by atoms with Crippen LogP contribution in [0.1, 0.15) is 54.0 Å². The molecule has 0 unspecified atom stereocenters. The van der Waals surface area contributed by atoms with E-state index in [9.17, 15) is 9.59 Å². The van der Waals surface area contributed by atoms with Crippen molar-refractivity contribution in [2.45, 2.75) is 46.8 Å². The Morgan fingerprint density at radius 1 is 0.933 bits per heavy atom. The fourth-order valence-electron chi connectivity index (χ4n) is 2.53. The average Bonchev–Trinajstić information content (AvgIpc) is 2.64. The first-order chi connectivity index (χ1) is 14.1. The van der Waals surface area contributed by atoms with Crippen LogP contribution in [0.25, 0.3) is 0 Å². The van der Waals surface area contributed by atoms with Crippen molar-refractivity contribution in [1.82, 2.24) is 0 Å². The molecular formula is C22H25ClN2O4S. The number of ether oxygens (including phenoxy) is 2. The van der Waals surface area contributed by atoms with Gasteiger partial charge in [0.2, 0.25) is 0 Å². The monoisotopic (exact) mass is 448 g/mol. The average molecular weight is 449 g/mol. The maximum absolute atomic E-state index is 12.4. The number of esters is 2. The summed E-state index contributed by atoms with van der Waals surface area (Å²) in [6.07, 6.45) is -0.595. The summed E-state index contributed by atoms with van der Waals surface area (Å²) in [4.78, 5) is 24.8. The molecule has 0 aliphatic rings. The lowest BCUT2D eigenvalue weighted by Crippen LogP contribution is -2.21. The van der Waals surface area contributed by atoms with Crippen LogP contribution >= 0.6 is 23.8 Å². The molecule has 0 radical (unpaired) electrons. The van der Waals surface area contributed by atoms with Gasteiger partial charge in [0.1, 0.15) is 0 Å². The minimum Gasteiger partial charge on any atom is -0.459 e. The molecule has 30 heavy (non-hydrogen) atoms. The first-order valence-corrected chi connectivity index (χ1v) is 10.3. The lowest BCUT2D eigenvalue weighted by molar-refractivity contribution is 0.0377. The Kier molecular flexibility index (Phi) is 8.20. The van der Waals surface area contributed by atoms with Gasteiger partial charge in [-0.2, -0.15) is 0 Å². The molecule has 2 N–H and O–H groups in total. The second-order valence-electron chi connectivity index (χ2n) is 7.20. The lowest BCUT2D eigenvalue weighted by atomic mass is 10.1. The van der Waals surface area contributed by atoms with E-state index in [1.807, 2.05) is 19.1 Å². The van der Waals surface area contributed by atoms with Gasteiger partial charge in [-0.3, -0.25) is 0 Å². The van der Waals surface area contributed by atoms with Crippen molar-refractivity contribution >= 4 is 52.2 Å². The molecule has 0 atom stereocenters. The van der Waals surface area contributed by atoms with Crippen LogP contribution in [0.15, 0.2) is 36.4 Å². The van der Waals surface area contributed by atoms with Crippen molar-refractivity contribution in [3.05, 3.63) is 58.1 Å². The highest BCUT2D eigenvalue weighted by Gasteiger charge is 2.17. The normalized spacial score (nSPS) is 10.7. The Bertz CT molecular complexity index is 920. The Morgan fingerprint density at radius 2 is 1.47 bits per heavy atom. The van der Waals surface area contributed by atoms with Gasteiger partial charge in [0.15, 0.2) is 5.11 Å². The summed E-state index contributed by atoms with van der Waals surface area (Å²) in [5, 5.41) is 6.95. The predicted octanol–water partition coefficient (Wildman–Crippen LogP) is 5.59. The number of hydrogen-bond donors (Lipinski definition) is 2. The van der Waals surface area contributed by atoms with Gasteiger partial charge in [-0.05, 0) is 82.7 Å². The van der Waals surface area contributed by atoms with Crippen molar-refractivity contribution in [2.24, 2.45) is 0 Å². The smallest absolute Gasteiger partial charge is 0.338 e. The molecule has 8 heteroatoms. The third-order valence-corrected chi connectivity index (χ3v) is 4.48. The van der Waals surface area contributed by atoms with Gasteiger partial charge in [-0.15, -0.1) is 0 Å². The number of carbonyl (C=O) groups is 2. The quantitative estimate of drug-likeness (QED) is 0.440. The predicted molar refractivity (Wildman–Crippen MR) is 124 cm³/mol. The summed E-state index contributed by atoms with van der Waals surface area (Å²) in [7, 11) is 0. The molecule has 0 bridgehead atoms. The van der Waals surface area contributed by atoms with E-state index in [2.05, 4.69) is 10.6 Å². The highest BCUT2D eigenvalue weighted by Crippen LogP contribution is 2.24. The van der Waals surface area contributed by atoms with Crippen LogP contribution in [0.5, 0.6) is 0 Å². The first-order valence-electron chi connectivity index (χ1n) is 9.47. The fourth-order valence-corrected chi connectivity index (χ4v) is 2.93. The fraction of sp³-hybridized carbons (Fsp3) is 0.318. The Morgan fingerprint density at radius 3 is 1.97 bits per heavy atom. The van der Waals surface area contributed by atoms with E-state index in [0.29, 0.717) is 10.7 Å². The van der Waals surface area contributed by atoms with E-state index in [1.54, 1.807) is 45.9 Å². The van der Waals surface area contributed by atoms with Crippen LogP contribution in [-0.4, -0.2) is 29.3 Å². The molecule has 2 aromatic carbocycles. The Hall–Kier alpha value is -2.64. The molecule has 0 fully saturated rings. The van der Waals surface area contributed by atoms with E-state index in [1.165, 1.54) is 6.07 Å². The molecule has 0 aliphatic heterocycles. The number of anilines is 2. The van der Waals surface area contributed by atoms with Crippen LogP contribution < -0.4 is 10.6 Å². The minimum atomic E-state index is -0.545. The summed E-state index contributed by atoms with van der Waals surface area (Å²) < 4.78 is 10.5. The summed E-state index contributed by atoms with van der Waals surface area (Å²) in [6.45, 7) is 8.87. The van der Waals surface area contributed by atoms with Gasteiger partial charge in [-0.25, -0.2) is 9.59 Å². The SMILES string of the molecule is Cc1c(Cl)cccc1NC(=S)Nc1cc(C(=O)OC(C)C)cc(C(=O)OC(C)C)c1. The Balaban J connectivity index is 2.30. The summed E-state index contributed by atoms with van der Waals surface area (Å²) >= 11 is 11.5. The summed E-state index contributed by atoms with van der Waals surface area (Å²) in [5.74, 6) is -1.09. The molecule has 0 spiro atoms. The molecule has 0 saturated heterocycles. The number of carbonyl (C=O) groups excluding carboxylic acids is 2. The van der Waals surface area contributed by atoms with Crippen molar-refractivity contribution in [3.63, 3.8) is 0 Å². The lowest BCUT2D eigenvalue weighted by Gasteiger charge is -2.16. The number of thiocarbonyl (C=S) groups is 1. The van der Waals surface area contributed by atoms with E-state index >= 15 is 0 Å². The standard InChI is InChI=1S/C22H25ClN2O4S/c1-12(2)28-20(26)15-9-16(21(27)29-13(3)4)11-17(10-15)24-22(30)25-19-8-6-7-18(23)14(19)5/h6-13H,1-5H3,(H2,24,25,30). The van der Waals surface area contributed by atoms with E-state index in [0.717, 1.165) is 11.3 Å². The van der Waals surface area contributed by atoms with Gasteiger partial charge < -0.3 is 20.1 Å². The highest BCUT2D eigenvalue weighted by atomic mass is 35.5. The highest BCUT2D eigenvalue weighted by molar-refractivity contribution is 7.80. The zero-order valence-electron chi connectivity index (χ0n) is 17.5.